The van der Waals surface area contributed by atoms with Gasteiger partial charge in [-0.25, -0.2) is 4.39 Å². The molecule has 4 heteroatoms. The van der Waals surface area contributed by atoms with Crippen molar-refractivity contribution in [3.8, 4) is 5.75 Å². The minimum Gasteiger partial charge on any atom is -0.494 e. The van der Waals surface area contributed by atoms with Gasteiger partial charge in [0.25, 0.3) is 0 Å². The highest BCUT2D eigenvalue weighted by Gasteiger charge is 2.30. The van der Waals surface area contributed by atoms with Crippen LogP contribution in [0.3, 0.4) is 0 Å². The smallest absolute Gasteiger partial charge is 0.123 e. The van der Waals surface area contributed by atoms with Crippen molar-refractivity contribution in [2.45, 2.75) is 52.4 Å². The Bertz CT molecular complexity index is 930. The highest BCUT2D eigenvalue weighted by Crippen LogP contribution is 2.33. The molecule has 1 heterocycles. The summed E-state index contributed by atoms with van der Waals surface area (Å²) < 4.78 is 19.3. The molecule has 33 heavy (non-hydrogen) atoms. The maximum atomic E-state index is 13.5. The molecule has 0 bridgehead atoms. The van der Waals surface area contributed by atoms with Gasteiger partial charge in [-0.2, -0.15) is 0 Å². The molecule has 0 aromatic heterocycles. The van der Waals surface area contributed by atoms with Crippen LogP contribution in [0.1, 0.15) is 54.6 Å². The Balaban J connectivity index is 1.57. The summed E-state index contributed by atoms with van der Waals surface area (Å²) in [6, 6.07) is 24.4. The van der Waals surface area contributed by atoms with Crippen molar-refractivity contribution in [2.24, 2.45) is 0 Å². The summed E-state index contributed by atoms with van der Waals surface area (Å²) in [6.45, 7) is 8.82. The van der Waals surface area contributed by atoms with Gasteiger partial charge < -0.3 is 4.74 Å². The minimum atomic E-state index is -0.186. The normalized spacial score (nSPS) is 17.2. The van der Waals surface area contributed by atoms with Crippen LogP contribution in [-0.4, -0.2) is 29.5 Å². The summed E-state index contributed by atoms with van der Waals surface area (Å²) in [5.41, 5.74) is 5.02. The number of ether oxygens (including phenoxy) is 1. The summed E-state index contributed by atoms with van der Waals surface area (Å²) >= 11 is 0. The number of hydrogen-bond donors (Lipinski definition) is 0. The SMILES string of the molecule is CCCCOc1ccc(C2N(Cc3ccc(C)cc3)CCCN2Cc2ccc(F)cc2)cc1. The van der Waals surface area contributed by atoms with Crippen LogP contribution in [0.4, 0.5) is 4.39 Å². The molecule has 3 nitrogen and oxygen atoms in total. The standard InChI is InChI=1S/C29H35FN2O/c1-3-4-20-33-28-16-12-26(13-17-28)29-31(21-24-8-6-23(2)7-9-24)18-5-19-32(29)22-25-10-14-27(30)15-11-25/h6-17,29H,3-5,18-22H2,1-2H3. The number of hydrogen-bond acceptors (Lipinski definition) is 3. The topological polar surface area (TPSA) is 15.7 Å². The predicted molar refractivity (Wildman–Crippen MR) is 133 cm³/mol. The third kappa shape index (κ3) is 6.43. The monoisotopic (exact) mass is 446 g/mol. The van der Waals surface area contributed by atoms with E-state index >= 15 is 0 Å². The van der Waals surface area contributed by atoms with Crippen LogP contribution in [0.15, 0.2) is 72.8 Å². The molecule has 3 aromatic carbocycles. The molecule has 0 saturated carbocycles. The highest BCUT2D eigenvalue weighted by molar-refractivity contribution is 5.30. The molecule has 3 aromatic rings. The Labute approximate surface area is 197 Å². The van der Waals surface area contributed by atoms with Crippen molar-refractivity contribution in [1.82, 2.24) is 9.80 Å². The van der Waals surface area contributed by atoms with Gasteiger partial charge in [-0.3, -0.25) is 9.80 Å². The Morgan fingerprint density at radius 3 is 1.97 bits per heavy atom. The van der Waals surface area contributed by atoms with Gasteiger partial charge in [0.1, 0.15) is 11.6 Å². The van der Waals surface area contributed by atoms with Crippen molar-refractivity contribution in [1.29, 1.82) is 0 Å². The fourth-order valence-electron chi connectivity index (χ4n) is 4.53. The molecule has 0 aliphatic carbocycles. The molecule has 0 radical (unpaired) electrons. The number of unbranched alkanes of at least 4 members (excludes halogenated alkanes) is 1. The van der Waals surface area contributed by atoms with E-state index in [0.29, 0.717) is 0 Å². The molecule has 1 aliphatic rings. The van der Waals surface area contributed by atoms with Crippen LogP contribution in [0.25, 0.3) is 0 Å². The molecule has 0 amide bonds. The lowest BCUT2D eigenvalue weighted by Gasteiger charge is -2.44. The van der Waals surface area contributed by atoms with Gasteiger partial charge in [-0.05, 0) is 60.7 Å². The lowest BCUT2D eigenvalue weighted by molar-refractivity contribution is -0.00912. The van der Waals surface area contributed by atoms with Gasteiger partial charge in [0.2, 0.25) is 0 Å². The van der Waals surface area contributed by atoms with Gasteiger partial charge in [-0.1, -0.05) is 67.4 Å². The third-order valence-corrected chi connectivity index (χ3v) is 6.33. The first-order valence-electron chi connectivity index (χ1n) is 12.1. The molecule has 174 valence electrons. The second-order valence-corrected chi connectivity index (χ2v) is 9.05. The number of benzene rings is 3. The zero-order valence-corrected chi connectivity index (χ0v) is 19.8. The van der Waals surface area contributed by atoms with E-state index in [2.05, 4.69) is 72.2 Å². The molecule has 0 N–H and O–H groups in total. The Kier molecular flexibility index (Phi) is 8.14. The highest BCUT2D eigenvalue weighted by atomic mass is 19.1. The van der Waals surface area contributed by atoms with Gasteiger partial charge in [0.05, 0.1) is 12.8 Å². The van der Waals surface area contributed by atoms with Gasteiger partial charge in [-0.15, -0.1) is 0 Å². The van der Waals surface area contributed by atoms with E-state index < -0.39 is 0 Å². The van der Waals surface area contributed by atoms with Crippen molar-refractivity contribution < 1.29 is 9.13 Å². The molecular formula is C29H35FN2O. The fourth-order valence-corrected chi connectivity index (χ4v) is 4.53. The maximum Gasteiger partial charge on any atom is 0.123 e. The summed E-state index contributed by atoms with van der Waals surface area (Å²) in [4.78, 5) is 5.07. The van der Waals surface area contributed by atoms with E-state index in [1.165, 1.54) is 16.7 Å². The van der Waals surface area contributed by atoms with Crippen LogP contribution in [-0.2, 0) is 13.1 Å². The summed E-state index contributed by atoms with van der Waals surface area (Å²) in [5.74, 6) is 0.742. The summed E-state index contributed by atoms with van der Waals surface area (Å²) in [5, 5.41) is 0. The number of rotatable bonds is 9. The molecule has 1 fully saturated rings. The molecule has 1 saturated heterocycles. The number of aryl methyl sites for hydroxylation is 1. The van der Waals surface area contributed by atoms with Crippen molar-refractivity contribution in [2.75, 3.05) is 19.7 Å². The molecule has 0 spiro atoms. The van der Waals surface area contributed by atoms with Crippen molar-refractivity contribution in [3.05, 3.63) is 101 Å². The largest absolute Gasteiger partial charge is 0.494 e. The number of halogens is 1. The Morgan fingerprint density at radius 2 is 1.39 bits per heavy atom. The van der Waals surface area contributed by atoms with Gasteiger partial charge in [0, 0.05) is 26.2 Å². The molecule has 4 rings (SSSR count). The van der Waals surface area contributed by atoms with E-state index in [-0.39, 0.29) is 12.0 Å². The van der Waals surface area contributed by atoms with Crippen LogP contribution in [0, 0.1) is 12.7 Å². The molecular weight excluding hydrogens is 411 g/mol. The first kappa shape index (κ1) is 23.5. The quantitative estimate of drug-likeness (QED) is 0.339. The van der Waals surface area contributed by atoms with E-state index in [0.717, 1.165) is 63.4 Å². The molecule has 1 atom stereocenters. The first-order chi connectivity index (χ1) is 16.1. The minimum absolute atomic E-state index is 0.162. The third-order valence-electron chi connectivity index (χ3n) is 6.33. The zero-order valence-electron chi connectivity index (χ0n) is 19.8. The second-order valence-electron chi connectivity index (χ2n) is 9.05. The fraction of sp³-hybridized carbons (Fsp3) is 0.379. The lowest BCUT2D eigenvalue weighted by atomic mass is 10.0. The van der Waals surface area contributed by atoms with Crippen molar-refractivity contribution >= 4 is 0 Å². The lowest BCUT2D eigenvalue weighted by Crippen LogP contribution is -2.46. The van der Waals surface area contributed by atoms with Crippen LogP contribution < -0.4 is 4.74 Å². The Hall–Kier alpha value is -2.69. The zero-order chi connectivity index (χ0) is 23.0. The van der Waals surface area contributed by atoms with Crippen LogP contribution >= 0.6 is 0 Å². The average molecular weight is 447 g/mol. The van der Waals surface area contributed by atoms with Gasteiger partial charge >= 0.3 is 0 Å². The van der Waals surface area contributed by atoms with E-state index in [9.17, 15) is 4.39 Å². The second kappa shape index (κ2) is 11.4. The van der Waals surface area contributed by atoms with E-state index in [1.807, 2.05) is 12.1 Å². The van der Waals surface area contributed by atoms with Gasteiger partial charge in [0.15, 0.2) is 0 Å². The maximum absolute atomic E-state index is 13.5. The molecule has 1 unspecified atom stereocenters. The first-order valence-corrected chi connectivity index (χ1v) is 12.1. The summed E-state index contributed by atoms with van der Waals surface area (Å²) in [6.07, 6.45) is 3.48. The molecule has 1 aliphatic heterocycles. The predicted octanol–water partition coefficient (Wildman–Crippen LogP) is 6.72. The van der Waals surface area contributed by atoms with E-state index in [4.69, 9.17) is 4.74 Å². The van der Waals surface area contributed by atoms with Crippen LogP contribution in [0.5, 0.6) is 5.75 Å². The number of nitrogens with zero attached hydrogens (tertiary/aromatic N) is 2. The average Bonchev–Trinajstić information content (AvgIpc) is 2.83. The van der Waals surface area contributed by atoms with E-state index in [1.54, 1.807) is 12.1 Å². The van der Waals surface area contributed by atoms with Crippen LogP contribution in [0.2, 0.25) is 0 Å². The van der Waals surface area contributed by atoms with Crippen molar-refractivity contribution in [3.63, 3.8) is 0 Å². The summed E-state index contributed by atoms with van der Waals surface area (Å²) in [7, 11) is 0. The Morgan fingerprint density at radius 1 is 0.818 bits per heavy atom.